The largest absolute Gasteiger partial charge is 0.394 e. The second-order valence-electron chi connectivity index (χ2n) is 26.3. The van der Waals surface area contributed by atoms with Crippen molar-refractivity contribution >= 4 is 0 Å². The lowest BCUT2D eigenvalue weighted by Crippen LogP contribution is -2.67. The van der Waals surface area contributed by atoms with Crippen LogP contribution < -0.4 is 0 Å². The van der Waals surface area contributed by atoms with E-state index in [1.165, 1.54) is 13.8 Å². The number of ether oxygens (including phenoxy) is 8. The van der Waals surface area contributed by atoms with Crippen LogP contribution in [0, 0.1) is 51.2 Å². The van der Waals surface area contributed by atoms with Crippen molar-refractivity contribution in [3.63, 3.8) is 0 Å². The Balaban J connectivity index is 0.974. The summed E-state index contributed by atoms with van der Waals surface area (Å²) in [7, 11) is 0. The zero-order valence-corrected chi connectivity index (χ0v) is 46.3. The third-order valence-corrected chi connectivity index (χ3v) is 21.4. The first kappa shape index (κ1) is 63.1. The molecule has 24 nitrogen and oxygen atoms in total. The Bertz CT molecular complexity index is 1960. The van der Waals surface area contributed by atoms with Crippen molar-refractivity contribution in [3.8, 4) is 0 Å². The molecular weight excluding hydrogens is 1030 g/mol. The van der Waals surface area contributed by atoms with Gasteiger partial charge in [-0.25, -0.2) is 0 Å². The van der Waals surface area contributed by atoms with Crippen molar-refractivity contribution in [2.45, 2.75) is 260 Å². The highest BCUT2D eigenvalue weighted by molar-refractivity contribution is 5.20. The first-order chi connectivity index (χ1) is 36.4. The van der Waals surface area contributed by atoms with Gasteiger partial charge in [-0.05, 0) is 123 Å². The molecule has 0 aromatic carbocycles. The topological polar surface area (TPSA) is 398 Å². The van der Waals surface area contributed by atoms with Gasteiger partial charge in [-0.3, -0.25) is 0 Å². The smallest absolute Gasteiger partial charge is 0.187 e. The van der Waals surface area contributed by atoms with Crippen molar-refractivity contribution in [1.82, 2.24) is 0 Å². The van der Waals surface area contributed by atoms with Crippen molar-refractivity contribution in [2.75, 3.05) is 26.4 Å². The summed E-state index contributed by atoms with van der Waals surface area (Å²) in [5.41, 5.74) is -2.94. The number of aliphatic hydroxyl groups is 16. The molecule has 0 bridgehead atoms. The molecule has 78 heavy (non-hydrogen) atoms. The lowest BCUT2D eigenvalue weighted by molar-refractivity contribution is -0.380. The predicted molar refractivity (Wildman–Crippen MR) is 268 cm³/mol. The van der Waals surface area contributed by atoms with E-state index in [1.54, 1.807) is 0 Å². The minimum atomic E-state index is -1.93. The second-order valence-corrected chi connectivity index (χ2v) is 26.3. The van der Waals surface area contributed by atoms with Gasteiger partial charge in [0.15, 0.2) is 25.2 Å². The number of fused-ring (bicyclic) bond motifs is 5. The molecule has 0 aromatic heterocycles. The molecule has 4 aliphatic heterocycles. The summed E-state index contributed by atoms with van der Waals surface area (Å²) in [5.74, 6) is 0.618. The SMILES string of the molecule is C[C@@H](CC[C@@H](O[C@@H]1O[C@@H](CO[C@@H]2O[C@@H](CO)[C@@H](O)[C@H](O)[C@H]2O)[C@@H](O)[C@H](O)[C@H]1O[C@@H]1O[C@@H](CO)[C@@H](O)[C@H](O)[C@H]1O)C(C)(C)O)[C@H]1CC[C@@]2(C)[C@@H]3CC[C@H]4[C@@H](CC[C@H](O[C@@H]5O[C@@H](CO)[C@@H](O)[C@H](O)[C@H]5O)C4(C)C)[C@]3(C)[C@@H](O)C[C@]12C. The molecule has 0 aromatic rings. The first-order valence-corrected chi connectivity index (χ1v) is 28.3. The Morgan fingerprint density at radius 2 is 1.01 bits per heavy atom. The van der Waals surface area contributed by atoms with E-state index < -0.39 is 178 Å². The molecule has 4 aliphatic carbocycles. The minimum absolute atomic E-state index is 0.0210. The van der Waals surface area contributed by atoms with Crippen LogP contribution in [0.1, 0.15) is 113 Å². The summed E-state index contributed by atoms with van der Waals surface area (Å²) < 4.78 is 47.8. The van der Waals surface area contributed by atoms with E-state index >= 15 is 0 Å². The standard InChI is InChI=1S/C54H94O24/c1-22(23-15-16-52(6)30-12-10-24-25(54(30,8)31(58)17-53(23,52)7)11-14-32(50(24,2)3)76-47-43(68)39(64)35(60)27(19-56)73-47)9-13-33(51(4,5)70)77-49-45(78-48-44(69)40(65)36(61)28(20-57)74-48)41(66)37(62)29(75-49)21-71-46-42(67)38(63)34(59)26(18-55)72-46/h22-49,55-70H,9-21H2,1-8H3/t22-,23+,24-,25+,26-,27-,28-,29-,30-,31-,32-,33+,34+,35+,36+,37+,38-,39-,40-,41-,42+,43+,44+,45+,46+,47-,48-,49-,52-,53+,54-/m0/s1. The summed E-state index contributed by atoms with van der Waals surface area (Å²) in [4.78, 5) is 0. The number of hydrogen-bond acceptors (Lipinski definition) is 24. The van der Waals surface area contributed by atoms with Gasteiger partial charge >= 0.3 is 0 Å². The van der Waals surface area contributed by atoms with Crippen LogP contribution in [0.25, 0.3) is 0 Å². The Hall–Kier alpha value is -0.960. The highest BCUT2D eigenvalue weighted by Gasteiger charge is 2.71. The van der Waals surface area contributed by atoms with Crippen LogP contribution in [0.15, 0.2) is 0 Å². The van der Waals surface area contributed by atoms with E-state index in [-0.39, 0.29) is 52.9 Å². The van der Waals surface area contributed by atoms with Gasteiger partial charge in [-0.15, -0.1) is 0 Å². The van der Waals surface area contributed by atoms with Gasteiger partial charge in [0.2, 0.25) is 0 Å². The molecule has 0 amide bonds. The Morgan fingerprint density at radius 1 is 0.526 bits per heavy atom. The highest BCUT2D eigenvalue weighted by atomic mass is 16.8. The summed E-state index contributed by atoms with van der Waals surface area (Å²) in [5, 5.41) is 172. The summed E-state index contributed by atoms with van der Waals surface area (Å²) in [6, 6.07) is 0. The Kier molecular flexibility index (Phi) is 19.3. The van der Waals surface area contributed by atoms with E-state index in [1.807, 2.05) is 0 Å². The van der Waals surface area contributed by atoms with Gasteiger partial charge in [-0.1, -0.05) is 41.5 Å². The van der Waals surface area contributed by atoms with Crippen LogP contribution in [0.3, 0.4) is 0 Å². The predicted octanol–water partition coefficient (Wildman–Crippen LogP) is -3.15. The van der Waals surface area contributed by atoms with Crippen molar-refractivity contribution in [1.29, 1.82) is 0 Å². The van der Waals surface area contributed by atoms with Gasteiger partial charge in [-0.2, -0.15) is 0 Å². The highest BCUT2D eigenvalue weighted by Crippen LogP contribution is 2.76. The molecule has 0 spiro atoms. The van der Waals surface area contributed by atoms with Crippen LogP contribution in [0.2, 0.25) is 0 Å². The van der Waals surface area contributed by atoms with Crippen molar-refractivity contribution < 1.29 is 120 Å². The molecule has 8 fully saturated rings. The van der Waals surface area contributed by atoms with Crippen molar-refractivity contribution in [3.05, 3.63) is 0 Å². The molecule has 24 heteroatoms. The average molecular weight is 1130 g/mol. The molecule has 454 valence electrons. The van der Waals surface area contributed by atoms with E-state index in [2.05, 4.69) is 41.5 Å². The monoisotopic (exact) mass is 1130 g/mol. The number of hydrogen-bond donors (Lipinski definition) is 16. The van der Waals surface area contributed by atoms with Crippen LogP contribution in [-0.2, 0) is 37.9 Å². The normalized spacial score (nSPS) is 52.5. The van der Waals surface area contributed by atoms with Crippen LogP contribution in [0.5, 0.6) is 0 Å². The zero-order valence-electron chi connectivity index (χ0n) is 46.3. The quantitative estimate of drug-likeness (QED) is 0.0640. The molecule has 0 radical (unpaired) electrons. The van der Waals surface area contributed by atoms with Crippen LogP contribution in [-0.4, -0.2) is 255 Å². The molecule has 0 unspecified atom stereocenters. The zero-order chi connectivity index (χ0) is 57.5. The molecule has 4 heterocycles. The van der Waals surface area contributed by atoms with E-state index in [9.17, 15) is 81.7 Å². The van der Waals surface area contributed by atoms with Crippen LogP contribution >= 0.6 is 0 Å². The molecular formula is C54H94O24. The molecule has 4 saturated carbocycles. The lowest BCUT2D eigenvalue weighted by atomic mass is 9.36. The van der Waals surface area contributed by atoms with Gasteiger partial charge in [0.25, 0.3) is 0 Å². The Labute approximate surface area is 456 Å². The summed E-state index contributed by atoms with van der Waals surface area (Å²) >= 11 is 0. The maximum atomic E-state index is 12.7. The molecule has 8 rings (SSSR count). The first-order valence-electron chi connectivity index (χ1n) is 28.3. The average Bonchev–Trinajstić information content (AvgIpc) is 3.21. The van der Waals surface area contributed by atoms with E-state index in [0.29, 0.717) is 19.3 Å². The fraction of sp³-hybridized carbons (Fsp3) is 1.00. The third-order valence-electron chi connectivity index (χ3n) is 21.4. The third kappa shape index (κ3) is 11.0. The lowest BCUT2D eigenvalue weighted by Gasteiger charge is -2.69. The van der Waals surface area contributed by atoms with Crippen molar-refractivity contribution in [2.24, 2.45) is 51.2 Å². The van der Waals surface area contributed by atoms with Gasteiger partial charge in [0.1, 0.15) is 97.7 Å². The fourth-order valence-corrected chi connectivity index (χ4v) is 16.3. The van der Waals surface area contributed by atoms with E-state index in [4.69, 9.17) is 37.9 Å². The van der Waals surface area contributed by atoms with Gasteiger partial charge in [0, 0.05) is 0 Å². The van der Waals surface area contributed by atoms with Gasteiger partial charge < -0.3 is 120 Å². The molecule has 16 N–H and O–H groups in total. The number of rotatable bonds is 17. The molecule has 4 saturated heterocycles. The Morgan fingerprint density at radius 3 is 1.55 bits per heavy atom. The van der Waals surface area contributed by atoms with E-state index in [0.717, 1.165) is 32.1 Å². The maximum Gasteiger partial charge on any atom is 0.187 e. The molecule has 31 atom stereocenters. The molecule has 8 aliphatic rings. The second kappa shape index (κ2) is 23.8. The summed E-state index contributed by atoms with van der Waals surface area (Å²) in [6.07, 6.45) is -28.4. The fourth-order valence-electron chi connectivity index (χ4n) is 16.3. The van der Waals surface area contributed by atoms with Gasteiger partial charge in [0.05, 0.1) is 50.3 Å². The van der Waals surface area contributed by atoms with Crippen LogP contribution in [0.4, 0.5) is 0 Å². The maximum absolute atomic E-state index is 12.7. The summed E-state index contributed by atoms with van der Waals surface area (Å²) in [6.45, 7) is 13.8. The number of aliphatic hydroxyl groups excluding tert-OH is 15. The minimum Gasteiger partial charge on any atom is -0.394 e.